The minimum atomic E-state index is -0.550. The fraction of sp³-hybridized carbons (Fsp3) is 0.219. The van der Waals surface area contributed by atoms with Crippen LogP contribution in [0.5, 0.6) is 0 Å². The molecule has 3 aromatic carbocycles. The van der Waals surface area contributed by atoms with Crippen LogP contribution in [0.25, 0.3) is 0 Å². The maximum atomic E-state index is 13.7. The molecule has 8 heteroatoms. The van der Waals surface area contributed by atoms with E-state index in [-0.39, 0.29) is 18.2 Å². The quantitative estimate of drug-likeness (QED) is 0.205. The van der Waals surface area contributed by atoms with E-state index >= 15 is 0 Å². The predicted molar refractivity (Wildman–Crippen MR) is 164 cm³/mol. The van der Waals surface area contributed by atoms with Gasteiger partial charge in [0, 0.05) is 20.5 Å². The zero-order chi connectivity index (χ0) is 28.1. The van der Waals surface area contributed by atoms with E-state index in [1.165, 1.54) is 28.0 Å². The van der Waals surface area contributed by atoms with Crippen molar-refractivity contribution in [1.29, 1.82) is 5.26 Å². The third-order valence-electron chi connectivity index (χ3n) is 6.85. The maximum absolute atomic E-state index is 13.7. The van der Waals surface area contributed by atoms with Gasteiger partial charge in [-0.15, -0.1) is 23.1 Å². The molecule has 0 saturated heterocycles. The summed E-state index contributed by atoms with van der Waals surface area (Å²) in [6.45, 7) is 2.23. The molecule has 1 aromatic heterocycles. The van der Waals surface area contributed by atoms with E-state index in [4.69, 9.17) is 11.6 Å². The van der Waals surface area contributed by atoms with Crippen LogP contribution in [0.2, 0.25) is 5.02 Å². The number of amides is 2. The molecule has 5 nitrogen and oxygen atoms in total. The smallest absolute Gasteiger partial charge is 0.243 e. The summed E-state index contributed by atoms with van der Waals surface area (Å²) in [4.78, 5) is 28.4. The molecule has 2 amide bonds. The average Bonchev–Trinajstić information content (AvgIpc) is 3.29. The summed E-state index contributed by atoms with van der Waals surface area (Å²) in [6, 6.07) is 26.6. The van der Waals surface area contributed by atoms with Crippen LogP contribution in [0.4, 0.5) is 10.7 Å². The summed E-state index contributed by atoms with van der Waals surface area (Å²) >= 11 is 8.89. The van der Waals surface area contributed by atoms with Gasteiger partial charge in [-0.2, -0.15) is 5.26 Å². The van der Waals surface area contributed by atoms with Crippen molar-refractivity contribution < 1.29 is 9.59 Å². The Labute approximate surface area is 247 Å². The number of thiophene rings is 1. The van der Waals surface area contributed by atoms with Crippen molar-refractivity contribution in [2.24, 2.45) is 5.92 Å². The second-order valence-electron chi connectivity index (χ2n) is 9.94. The topological polar surface area (TPSA) is 82.0 Å². The molecule has 2 unspecified atom stereocenters. The van der Waals surface area contributed by atoms with Gasteiger partial charge >= 0.3 is 0 Å². The number of nitrogens with zero attached hydrogens (tertiary/aromatic N) is 1. The van der Waals surface area contributed by atoms with Crippen molar-refractivity contribution in [3.63, 3.8) is 0 Å². The number of rotatable bonds is 8. The minimum absolute atomic E-state index is 0.137. The summed E-state index contributed by atoms with van der Waals surface area (Å²) in [5.41, 5.74) is 4.07. The standard InChI is InChI=1S/C32H28ClN3O2S2/c1-20-10-15-26-27(19-34)32(40-28(26)16-20)36-31(38)30(22-6-3-2-4-7-22)39-25-9-5-8-24(18-25)35-29(37)17-21-11-13-23(33)14-12-21/h2-9,11-14,18,20,30H,10,15-17H2,1H3,(H,35,37)(H,36,38). The Balaban J connectivity index is 1.34. The van der Waals surface area contributed by atoms with Crippen LogP contribution in [-0.2, 0) is 28.9 Å². The first kappa shape index (κ1) is 28.0. The normalized spacial score (nSPS) is 15.0. The third kappa shape index (κ3) is 6.76. The Kier molecular flexibility index (Phi) is 8.91. The van der Waals surface area contributed by atoms with Crippen LogP contribution < -0.4 is 10.6 Å². The largest absolute Gasteiger partial charge is 0.326 e. The SMILES string of the molecule is CC1CCc2c(sc(NC(=O)C(Sc3cccc(NC(=O)Cc4ccc(Cl)cc4)c3)c3ccccc3)c2C#N)C1. The first-order valence-electron chi connectivity index (χ1n) is 13.1. The Morgan fingerprint density at radius 2 is 1.85 bits per heavy atom. The van der Waals surface area contributed by atoms with Gasteiger partial charge in [0.05, 0.1) is 12.0 Å². The van der Waals surface area contributed by atoms with Crippen LogP contribution in [0.3, 0.4) is 0 Å². The number of carbonyl (C=O) groups excluding carboxylic acids is 2. The van der Waals surface area contributed by atoms with Crippen LogP contribution in [0, 0.1) is 17.2 Å². The van der Waals surface area contributed by atoms with Crippen LogP contribution in [-0.4, -0.2) is 11.8 Å². The van der Waals surface area contributed by atoms with Gasteiger partial charge in [-0.3, -0.25) is 9.59 Å². The van der Waals surface area contributed by atoms with E-state index in [2.05, 4.69) is 23.6 Å². The van der Waals surface area contributed by atoms with E-state index in [0.717, 1.165) is 40.8 Å². The van der Waals surface area contributed by atoms with E-state index < -0.39 is 5.25 Å². The lowest BCUT2D eigenvalue weighted by Gasteiger charge is -2.17. The van der Waals surface area contributed by atoms with Crippen molar-refractivity contribution in [2.45, 2.75) is 42.8 Å². The first-order chi connectivity index (χ1) is 19.4. The third-order valence-corrected chi connectivity index (χ3v) is 9.52. The number of nitrogens with one attached hydrogen (secondary N) is 2. The molecule has 5 rings (SSSR count). The molecular formula is C32H28ClN3O2S2. The van der Waals surface area contributed by atoms with Gasteiger partial charge < -0.3 is 10.6 Å². The van der Waals surface area contributed by atoms with Gasteiger partial charge in [-0.05, 0) is 72.2 Å². The number of halogens is 1. The lowest BCUT2D eigenvalue weighted by Crippen LogP contribution is -2.19. The number of nitriles is 1. The van der Waals surface area contributed by atoms with E-state index in [1.807, 2.05) is 66.7 Å². The number of benzene rings is 3. The fourth-order valence-corrected chi connectivity index (χ4v) is 7.39. The summed E-state index contributed by atoms with van der Waals surface area (Å²) < 4.78 is 0. The molecule has 0 aliphatic heterocycles. The molecule has 4 aromatic rings. The molecule has 0 bridgehead atoms. The fourth-order valence-electron chi connectivity index (χ4n) is 4.81. The van der Waals surface area contributed by atoms with E-state index in [1.54, 1.807) is 12.1 Å². The Bertz CT molecular complexity index is 1560. The van der Waals surface area contributed by atoms with Crippen molar-refractivity contribution in [2.75, 3.05) is 10.6 Å². The molecule has 202 valence electrons. The first-order valence-corrected chi connectivity index (χ1v) is 15.2. The number of anilines is 2. The molecule has 0 fully saturated rings. The van der Waals surface area contributed by atoms with Gasteiger partial charge in [-0.25, -0.2) is 0 Å². The highest BCUT2D eigenvalue weighted by molar-refractivity contribution is 8.00. The molecule has 0 spiro atoms. The maximum Gasteiger partial charge on any atom is 0.243 e. The Hall–Kier alpha value is -3.57. The van der Waals surface area contributed by atoms with Gasteiger partial charge in [0.15, 0.2) is 0 Å². The Morgan fingerprint density at radius 1 is 1.07 bits per heavy atom. The molecule has 2 N–H and O–H groups in total. The van der Waals surface area contributed by atoms with Gasteiger partial charge in [0.2, 0.25) is 11.8 Å². The van der Waals surface area contributed by atoms with Crippen LogP contribution in [0.15, 0.2) is 83.8 Å². The highest BCUT2D eigenvalue weighted by Crippen LogP contribution is 2.42. The number of carbonyl (C=O) groups is 2. The van der Waals surface area contributed by atoms with Crippen molar-refractivity contribution >= 4 is 57.2 Å². The highest BCUT2D eigenvalue weighted by Gasteiger charge is 2.28. The molecular weight excluding hydrogens is 558 g/mol. The summed E-state index contributed by atoms with van der Waals surface area (Å²) in [6.07, 6.45) is 3.10. The monoisotopic (exact) mass is 585 g/mol. The zero-order valence-corrected chi connectivity index (χ0v) is 24.3. The predicted octanol–water partition coefficient (Wildman–Crippen LogP) is 8.05. The van der Waals surface area contributed by atoms with Crippen molar-refractivity contribution in [3.05, 3.63) is 111 Å². The van der Waals surface area contributed by atoms with E-state index in [0.29, 0.717) is 27.2 Å². The summed E-state index contributed by atoms with van der Waals surface area (Å²) in [5.74, 6) is 0.256. The van der Waals surface area contributed by atoms with E-state index in [9.17, 15) is 14.9 Å². The zero-order valence-electron chi connectivity index (χ0n) is 21.9. The molecule has 1 aliphatic carbocycles. The highest BCUT2D eigenvalue weighted by atomic mass is 35.5. The molecule has 0 radical (unpaired) electrons. The van der Waals surface area contributed by atoms with Gasteiger partial charge in [0.25, 0.3) is 0 Å². The number of hydrogen-bond acceptors (Lipinski definition) is 5. The van der Waals surface area contributed by atoms with Crippen LogP contribution >= 0.6 is 34.7 Å². The average molecular weight is 586 g/mol. The van der Waals surface area contributed by atoms with Crippen molar-refractivity contribution in [3.8, 4) is 6.07 Å². The van der Waals surface area contributed by atoms with Gasteiger partial charge in [-0.1, -0.05) is 67.1 Å². The summed E-state index contributed by atoms with van der Waals surface area (Å²) in [7, 11) is 0. The molecule has 0 saturated carbocycles. The molecule has 1 aliphatic rings. The number of thioether (sulfide) groups is 1. The number of fused-ring (bicyclic) bond motifs is 1. The molecule has 1 heterocycles. The number of hydrogen-bond donors (Lipinski definition) is 2. The van der Waals surface area contributed by atoms with Crippen molar-refractivity contribution in [1.82, 2.24) is 0 Å². The molecule has 40 heavy (non-hydrogen) atoms. The summed E-state index contributed by atoms with van der Waals surface area (Å²) in [5, 5.41) is 16.7. The van der Waals surface area contributed by atoms with Gasteiger partial charge in [0.1, 0.15) is 16.3 Å². The molecule has 2 atom stereocenters. The lowest BCUT2D eigenvalue weighted by atomic mass is 9.88. The lowest BCUT2D eigenvalue weighted by molar-refractivity contribution is -0.116. The Morgan fingerprint density at radius 3 is 2.60 bits per heavy atom. The minimum Gasteiger partial charge on any atom is -0.326 e. The van der Waals surface area contributed by atoms with Crippen LogP contribution in [0.1, 0.15) is 45.7 Å². The second kappa shape index (κ2) is 12.7. The second-order valence-corrected chi connectivity index (χ2v) is 12.7.